The molecule has 3 rings (SSSR count). The molecular weight excluding hydrogens is 420 g/mol. The molecule has 8 nitrogen and oxygen atoms in total. The van der Waals surface area contributed by atoms with E-state index < -0.39 is 5.56 Å². The molecule has 0 bridgehead atoms. The monoisotopic (exact) mass is 442 g/mol. The van der Waals surface area contributed by atoms with Gasteiger partial charge in [0.15, 0.2) is 11.5 Å². The Morgan fingerprint density at radius 1 is 1.13 bits per heavy atom. The van der Waals surface area contributed by atoms with Crippen LogP contribution in [-0.2, 0) is 0 Å². The van der Waals surface area contributed by atoms with Gasteiger partial charge in [0.25, 0.3) is 5.56 Å². The number of ether oxygens (including phenoxy) is 3. The van der Waals surface area contributed by atoms with E-state index in [1.807, 2.05) is 19.1 Å². The van der Waals surface area contributed by atoms with Crippen molar-refractivity contribution in [3.63, 3.8) is 0 Å². The molecule has 0 spiro atoms. The van der Waals surface area contributed by atoms with Gasteiger partial charge in [-0.1, -0.05) is 18.5 Å². The van der Waals surface area contributed by atoms with Crippen LogP contribution in [0.25, 0.3) is 5.69 Å². The van der Waals surface area contributed by atoms with Gasteiger partial charge in [0.1, 0.15) is 16.5 Å². The highest BCUT2D eigenvalue weighted by Gasteiger charge is 2.11. The highest BCUT2D eigenvalue weighted by molar-refractivity contribution is 6.32. The van der Waals surface area contributed by atoms with Crippen LogP contribution in [0.1, 0.15) is 18.9 Å². The zero-order valence-corrected chi connectivity index (χ0v) is 18.2. The van der Waals surface area contributed by atoms with Gasteiger partial charge in [0, 0.05) is 0 Å². The van der Waals surface area contributed by atoms with Gasteiger partial charge in [0.2, 0.25) is 0 Å². The number of benzene rings is 2. The van der Waals surface area contributed by atoms with Gasteiger partial charge < -0.3 is 14.2 Å². The first-order valence-corrected chi connectivity index (χ1v) is 9.97. The third kappa shape index (κ3) is 5.35. The molecular formula is C22H23ClN4O4. The zero-order chi connectivity index (χ0) is 22.2. The molecule has 0 aliphatic carbocycles. The SMILES string of the molecule is CCCOc1cc(/C=N\Nc2cnn(-c3ccc(OC)cc3)c(=O)c2Cl)ccc1OC. The standard InChI is InChI=1S/C22H23ClN4O4/c1-4-11-31-20-12-15(5-10-19(20)30-3)13-24-26-18-14-25-27(22(28)21(18)23)16-6-8-17(29-2)9-7-16/h5-10,12-14,26H,4,11H2,1-3H3/b24-13-. The van der Waals surface area contributed by atoms with Crippen LogP contribution in [-0.4, -0.2) is 36.8 Å². The first-order chi connectivity index (χ1) is 15.1. The number of halogens is 1. The van der Waals surface area contributed by atoms with E-state index in [-0.39, 0.29) is 5.02 Å². The van der Waals surface area contributed by atoms with Crippen LogP contribution in [0.2, 0.25) is 5.02 Å². The van der Waals surface area contributed by atoms with Gasteiger partial charge in [-0.2, -0.15) is 14.9 Å². The largest absolute Gasteiger partial charge is 0.497 e. The predicted octanol–water partition coefficient (Wildman–Crippen LogP) is 4.14. The summed E-state index contributed by atoms with van der Waals surface area (Å²) in [7, 11) is 3.16. The maximum atomic E-state index is 12.6. The van der Waals surface area contributed by atoms with E-state index in [2.05, 4.69) is 15.6 Å². The van der Waals surface area contributed by atoms with Crippen LogP contribution in [0.4, 0.5) is 5.69 Å². The lowest BCUT2D eigenvalue weighted by Gasteiger charge is -2.10. The van der Waals surface area contributed by atoms with Crippen molar-refractivity contribution < 1.29 is 14.2 Å². The Kier molecular flexibility index (Phi) is 7.50. The Morgan fingerprint density at radius 2 is 1.90 bits per heavy atom. The molecule has 2 aromatic carbocycles. The highest BCUT2D eigenvalue weighted by atomic mass is 35.5. The van der Waals surface area contributed by atoms with Crippen molar-refractivity contribution in [3.05, 3.63) is 69.6 Å². The van der Waals surface area contributed by atoms with Crippen LogP contribution < -0.4 is 25.2 Å². The molecule has 0 saturated heterocycles. The van der Waals surface area contributed by atoms with Gasteiger partial charge in [0.05, 0.1) is 38.9 Å². The number of methoxy groups -OCH3 is 2. The third-order valence-electron chi connectivity index (χ3n) is 4.28. The van der Waals surface area contributed by atoms with Gasteiger partial charge in [-0.15, -0.1) is 0 Å². The van der Waals surface area contributed by atoms with E-state index in [0.29, 0.717) is 35.2 Å². The number of nitrogens with one attached hydrogen (secondary N) is 1. The first kappa shape index (κ1) is 22.2. The molecule has 0 unspecified atom stereocenters. The molecule has 1 heterocycles. The average Bonchev–Trinajstić information content (AvgIpc) is 2.80. The van der Waals surface area contributed by atoms with E-state index in [4.69, 9.17) is 25.8 Å². The summed E-state index contributed by atoms with van der Waals surface area (Å²) in [6.07, 6.45) is 3.91. The molecule has 9 heteroatoms. The van der Waals surface area contributed by atoms with Crippen LogP contribution in [0.3, 0.4) is 0 Å². The zero-order valence-electron chi connectivity index (χ0n) is 17.5. The maximum absolute atomic E-state index is 12.6. The fraction of sp³-hybridized carbons (Fsp3) is 0.227. The molecule has 31 heavy (non-hydrogen) atoms. The number of hydrogen-bond donors (Lipinski definition) is 1. The minimum absolute atomic E-state index is 0.0235. The Hall–Kier alpha value is -3.52. The normalized spacial score (nSPS) is 10.8. The summed E-state index contributed by atoms with van der Waals surface area (Å²) in [5.74, 6) is 1.96. The summed E-state index contributed by atoms with van der Waals surface area (Å²) in [6, 6.07) is 12.4. The highest BCUT2D eigenvalue weighted by Crippen LogP contribution is 2.27. The third-order valence-corrected chi connectivity index (χ3v) is 4.65. The second-order valence-electron chi connectivity index (χ2n) is 6.42. The quantitative estimate of drug-likeness (QED) is 0.396. The summed E-state index contributed by atoms with van der Waals surface area (Å²) in [5, 5.41) is 8.30. The molecule has 0 aliphatic rings. The Bertz CT molecular complexity index is 1110. The fourth-order valence-electron chi connectivity index (χ4n) is 2.69. The molecule has 0 aliphatic heterocycles. The average molecular weight is 443 g/mol. The van der Waals surface area contributed by atoms with Crippen molar-refractivity contribution in [2.45, 2.75) is 13.3 Å². The van der Waals surface area contributed by atoms with Crippen molar-refractivity contribution in [2.75, 3.05) is 26.3 Å². The van der Waals surface area contributed by atoms with Crippen LogP contribution >= 0.6 is 11.6 Å². The Labute approximate surface area is 185 Å². The summed E-state index contributed by atoms with van der Waals surface area (Å²) >= 11 is 6.24. The smallest absolute Gasteiger partial charge is 0.292 e. The summed E-state index contributed by atoms with van der Waals surface area (Å²) < 4.78 is 17.3. The Morgan fingerprint density at radius 3 is 2.58 bits per heavy atom. The van der Waals surface area contributed by atoms with Gasteiger partial charge in [-0.25, -0.2) is 0 Å². The lowest BCUT2D eigenvalue weighted by Crippen LogP contribution is -2.22. The van der Waals surface area contributed by atoms with Crippen molar-refractivity contribution in [3.8, 4) is 22.9 Å². The summed E-state index contributed by atoms with van der Waals surface area (Å²) in [4.78, 5) is 12.6. The molecule has 0 saturated carbocycles. The van der Waals surface area contributed by atoms with E-state index >= 15 is 0 Å². The van der Waals surface area contributed by atoms with Crippen LogP contribution in [0.5, 0.6) is 17.2 Å². The minimum Gasteiger partial charge on any atom is -0.497 e. The molecule has 3 aromatic rings. The van der Waals surface area contributed by atoms with Crippen molar-refractivity contribution in [1.29, 1.82) is 0 Å². The topological polar surface area (TPSA) is 87.0 Å². The number of hydrogen-bond acceptors (Lipinski definition) is 7. The number of aromatic nitrogens is 2. The predicted molar refractivity (Wildman–Crippen MR) is 121 cm³/mol. The molecule has 1 N–H and O–H groups in total. The second kappa shape index (κ2) is 10.5. The minimum atomic E-state index is -0.466. The lowest BCUT2D eigenvalue weighted by molar-refractivity contribution is 0.294. The van der Waals surface area contributed by atoms with Crippen LogP contribution in [0.15, 0.2) is 58.6 Å². The molecule has 0 atom stereocenters. The van der Waals surface area contributed by atoms with E-state index in [1.165, 1.54) is 10.9 Å². The second-order valence-corrected chi connectivity index (χ2v) is 6.79. The van der Waals surface area contributed by atoms with Crippen molar-refractivity contribution in [2.24, 2.45) is 5.10 Å². The molecule has 0 fully saturated rings. The molecule has 0 radical (unpaired) electrons. The lowest BCUT2D eigenvalue weighted by atomic mass is 10.2. The van der Waals surface area contributed by atoms with E-state index in [9.17, 15) is 4.79 Å². The van der Waals surface area contributed by atoms with Crippen molar-refractivity contribution in [1.82, 2.24) is 9.78 Å². The number of anilines is 1. The summed E-state index contributed by atoms with van der Waals surface area (Å²) in [5.41, 5.74) is 3.95. The summed E-state index contributed by atoms with van der Waals surface area (Å²) in [6.45, 7) is 2.61. The van der Waals surface area contributed by atoms with Gasteiger partial charge >= 0.3 is 0 Å². The molecule has 1 aromatic heterocycles. The van der Waals surface area contributed by atoms with Crippen molar-refractivity contribution >= 4 is 23.5 Å². The molecule has 162 valence electrons. The van der Waals surface area contributed by atoms with Gasteiger partial charge in [-0.3, -0.25) is 10.2 Å². The van der Waals surface area contributed by atoms with E-state index in [1.54, 1.807) is 50.8 Å². The fourth-order valence-corrected chi connectivity index (χ4v) is 2.86. The Balaban J connectivity index is 1.76. The maximum Gasteiger partial charge on any atom is 0.292 e. The number of hydrazone groups is 1. The van der Waals surface area contributed by atoms with Gasteiger partial charge in [-0.05, 0) is 54.4 Å². The molecule has 0 amide bonds. The van der Waals surface area contributed by atoms with Crippen LogP contribution in [0, 0.1) is 0 Å². The number of nitrogens with zero attached hydrogens (tertiary/aromatic N) is 3. The number of rotatable bonds is 9. The van der Waals surface area contributed by atoms with E-state index in [0.717, 1.165) is 12.0 Å². The first-order valence-electron chi connectivity index (χ1n) is 9.59.